The lowest BCUT2D eigenvalue weighted by molar-refractivity contribution is -0.316. The Bertz CT molecular complexity index is 1220. The maximum Gasteiger partial charge on any atom is 0.269 e. The first kappa shape index (κ1) is 26.2. The molecule has 0 saturated heterocycles. The number of hydrogen-bond donors (Lipinski definition) is 2. The molecule has 36 heavy (non-hydrogen) atoms. The second-order valence-corrected chi connectivity index (χ2v) is 10.8. The molecule has 3 aromatic rings. The summed E-state index contributed by atoms with van der Waals surface area (Å²) in [5.74, 6) is 0.452. The zero-order valence-electron chi connectivity index (χ0n) is 22.0. The number of aliphatic hydroxyl groups excluding tert-OH is 1. The maximum atomic E-state index is 13.0. The summed E-state index contributed by atoms with van der Waals surface area (Å²) in [7, 11) is 1.96. The maximum absolute atomic E-state index is 13.0. The second-order valence-electron chi connectivity index (χ2n) is 10.8. The number of aromatic nitrogens is 4. The van der Waals surface area contributed by atoms with Crippen LogP contribution in [0.15, 0.2) is 30.6 Å². The van der Waals surface area contributed by atoms with Gasteiger partial charge in [-0.25, -0.2) is 9.97 Å². The molecule has 194 valence electrons. The summed E-state index contributed by atoms with van der Waals surface area (Å²) >= 11 is 0. The molecule has 2 aromatic heterocycles. The van der Waals surface area contributed by atoms with Gasteiger partial charge >= 0.3 is 0 Å². The summed E-state index contributed by atoms with van der Waals surface area (Å²) in [6.45, 7) is 8.55. The molecule has 0 aliphatic heterocycles. The lowest BCUT2D eigenvalue weighted by Crippen LogP contribution is -2.36. The lowest BCUT2D eigenvalue weighted by Gasteiger charge is -2.31. The van der Waals surface area contributed by atoms with Gasteiger partial charge in [0.05, 0.1) is 22.9 Å². The van der Waals surface area contributed by atoms with E-state index in [0.29, 0.717) is 18.2 Å². The number of ether oxygens (including phenoxy) is 2. The summed E-state index contributed by atoms with van der Waals surface area (Å²) in [6, 6.07) is 7.88. The Labute approximate surface area is 212 Å². The second kappa shape index (κ2) is 10.6. The summed E-state index contributed by atoms with van der Waals surface area (Å²) in [5.41, 5.74) is 3.26. The standard InChI is InChI=1S/C27H37N5O4/c1-16(2)24-20-13-17(10-11-21(20)31-32(24)6)22-14-23(29-15-28-22)30-25(33)18-8-7-9-19(12-18)35-26(34)36-27(3,4)5/h10-11,13-16,18-19,26,34H,7-9,12H2,1-6H3,(H,28,29,30,33)/t18-,19+,26?/m1/s1. The van der Waals surface area contributed by atoms with Crippen LogP contribution in [0.3, 0.4) is 0 Å². The van der Waals surface area contributed by atoms with Crippen LogP contribution < -0.4 is 5.32 Å². The molecule has 1 aliphatic rings. The number of anilines is 1. The molecule has 2 heterocycles. The molecule has 1 unspecified atom stereocenters. The van der Waals surface area contributed by atoms with E-state index in [0.717, 1.165) is 41.4 Å². The highest BCUT2D eigenvalue weighted by molar-refractivity contribution is 5.92. The number of amides is 1. The monoisotopic (exact) mass is 495 g/mol. The van der Waals surface area contributed by atoms with Gasteiger partial charge in [0, 0.05) is 35.7 Å². The first-order chi connectivity index (χ1) is 17.0. The molecule has 2 N–H and O–H groups in total. The van der Waals surface area contributed by atoms with Gasteiger partial charge in [-0.15, -0.1) is 0 Å². The van der Waals surface area contributed by atoms with Crippen molar-refractivity contribution in [1.29, 1.82) is 0 Å². The van der Waals surface area contributed by atoms with Crippen molar-refractivity contribution in [3.8, 4) is 11.3 Å². The van der Waals surface area contributed by atoms with Crippen molar-refractivity contribution < 1.29 is 19.4 Å². The zero-order chi connectivity index (χ0) is 26.0. The van der Waals surface area contributed by atoms with Crippen LogP contribution >= 0.6 is 0 Å². The number of carbonyl (C=O) groups is 1. The van der Waals surface area contributed by atoms with Crippen molar-refractivity contribution in [3.05, 3.63) is 36.3 Å². The zero-order valence-corrected chi connectivity index (χ0v) is 22.0. The fourth-order valence-corrected chi connectivity index (χ4v) is 4.88. The third kappa shape index (κ3) is 6.27. The third-order valence-electron chi connectivity index (χ3n) is 6.40. The van der Waals surface area contributed by atoms with Gasteiger partial charge in [0.15, 0.2) is 0 Å². The Morgan fingerprint density at radius 1 is 1.19 bits per heavy atom. The Kier molecular flexibility index (Phi) is 7.73. The minimum atomic E-state index is -1.31. The summed E-state index contributed by atoms with van der Waals surface area (Å²) in [6.07, 6.45) is 4.12. The highest BCUT2D eigenvalue weighted by Crippen LogP contribution is 2.31. The molecule has 1 aromatic carbocycles. The van der Waals surface area contributed by atoms with Gasteiger partial charge in [-0.1, -0.05) is 26.3 Å². The van der Waals surface area contributed by atoms with E-state index in [1.807, 2.05) is 44.6 Å². The van der Waals surface area contributed by atoms with E-state index in [1.54, 1.807) is 6.07 Å². The third-order valence-corrected chi connectivity index (χ3v) is 6.40. The van der Waals surface area contributed by atoms with Crippen LogP contribution in [0.4, 0.5) is 5.82 Å². The van der Waals surface area contributed by atoms with E-state index in [2.05, 4.69) is 40.3 Å². The number of hydrogen-bond acceptors (Lipinski definition) is 7. The fraction of sp³-hybridized carbons (Fsp3) is 0.556. The van der Waals surface area contributed by atoms with Crippen molar-refractivity contribution in [2.45, 2.75) is 84.4 Å². The fourth-order valence-electron chi connectivity index (χ4n) is 4.88. The van der Waals surface area contributed by atoms with Gasteiger partial charge in [-0.3, -0.25) is 9.48 Å². The molecule has 1 fully saturated rings. The predicted molar refractivity (Wildman–Crippen MR) is 138 cm³/mol. The topological polar surface area (TPSA) is 111 Å². The van der Waals surface area contributed by atoms with E-state index < -0.39 is 12.1 Å². The normalized spacial score (nSPS) is 19.6. The van der Waals surface area contributed by atoms with Crippen LogP contribution in [0, 0.1) is 5.92 Å². The summed E-state index contributed by atoms with van der Waals surface area (Å²) in [5, 5.41) is 18.7. The highest BCUT2D eigenvalue weighted by Gasteiger charge is 2.30. The molecule has 1 aliphatic carbocycles. The van der Waals surface area contributed by atoms with Crippen LogP contribution in [0.1, 0.15) is 71.9 Å². The van der Waals surface area contributed by atoms with Crippen LogP contribution in [0.2, 0.25) is 0 Å². The first-order valence-electron chi connectivity index (χ1n) is 12.6. The molecule has 0 spiro atoms. The lowest BCUT2D eigenvalue weighted by atomic mass is 9.86. The number of aryl methyl sites for hydroxylation is 1. The number of nitrogens with one attached hydrogen (secondary N) is 1. The van der Waals surface area contributed by atoms with E-state index in [-0.39, 0.29) is 17.9 Å². The van der Waals surface area contributed by atoms with E-state index in [1.165, 1.54) is 12.0 Å². The molecule has 1 saturated carbocycles. The Hall–Kier alpha value is -2.88. The van der Waals surface area contributed by atoms with Crippen molar-refractivity contribution in [2.75, 3.05) is 5.32 Å². The average Bonchev–Trinajstić information content (AvgIpc) is 3.13. The quantitative estimate of drug-likeness (QED) is 0.455. The van der Waals surface area contributed by atoms with Gasteiger partial charge in [-0.2, -0.15) is 5.10 Å². The molecule has 0 bridgehead atoms. The molecule has 0 radical (unpaired) electrons. The minimum Gasteiger partial charge on any atom is -0.346 e. The largest absolute Gasteiger partial charge is 0.346 e. The molecule has 9 nitrogen and oxygen atoms in total. The molecule has 1 amide bonds. The summed E-state index contributed by atoms with van der Waals surface area (Å²) in [4.78, 5) is 21.7. The molecule has 3 atom stereocenters. The number of nitrogens with zero attached hydrogens (tertiary/aromatic N) is 4. The van der Waals surface area contributed by atoms with Gasteiger partial charge in [0.2, 0.25) is 5.91 Å². The van der Waals surface area contributed by atoms with E-state index in [9.17, 15) is 9.90 Å². The van der Waals surface area contributed by atoms with Crippen LogP contribution in [0.25, 0.3) is 22.2 Å². The molecule has 4 rings (SSSR count). The van der Waals surface area contributed by atoms with Crippen molar-refractivity contribution in [3.63, 3.8) is 0 Å². The Balaban J connectivity index is 1.44. The predicted octanol–water partition coefficient (Wildman–Crippen LogP) is 4.76. The van der Waals surface area contributed by atoms with Crippen LogP contribution in [-0.4, -0.2) is 48.9 Å². The van der Waals surface area contributed by atoms with Crippen LogP contribution in [-0.2, 0) is 21.3 Å². The smallest absolute Gasteiger partial charge is 0.269 e. The number of aliphatic hydroxyl groups is 1. The van der Waals surface area contributed by atoms with Gasteiger partial charge in [-0.05, 0) is 58.1 Å². The van der Waals surface area contributed by atoms with E-state index in [4.69, 9.17) is 9.47 Å². The minimum absolute atomic E-state index is 0.107. The van der Waals surface area contributed by atoms with Crippen molar-refractivity contribution in [1.82, 2.24) is 19.7 Å². The van der Waals surface area contributed by atoms with Gasteiger partial charge in [0.1, 0.15) is 12.1 Å². The molecular weight excluding hydrogens is 458 g/mol. The van der Waals surface area contributed by atoms with Crippen LogP contribution in [0.5, 0.6) is 0 Å². The SMILES string of the molecule is CC(C)c1c2cc(-c3cc(NC(=O)[C@@H]4CCC[C@H](OC(O)OC(C)(C)C)C4)ncn3)ccc2nn1C. The molecule has 9 heteroatoms. The molecular formula is C27H37N5O4. The number of rotatable bonds is 7. The number of benzene rings is 1. The average molecular weight is 496 g/mol. The van der Waals surface area contributed by atoms with E-state index >= 15 is 0 Å². The van der Waals surface area contributed by atoms with Crippen molar-refractivity contribution >= 4 is 22.6 Å². The number of carbonyl (C=O) groups excluding carboxylic acids is 1. The Morgan fingerprint density at radius 2 is 1.97 bits per heavy atom. The Morgan fingerprint density at radius 3 is 2.69 bits per heavy atom. The summed E-state index contributed by atoms with van der Waals surface area (Å²) < 4.78 is 13.0. The highest BCUT2D eigenvalue weighted by atomic mass is 16.8. The van der Waals surface area contributed by atoms with Gasteiger partial charge in [0.25, 0.3) is 6.48 Å². The van der Waals surface area contributed by atoms with Crippen molar-refractivity contribution in [2.24, 2.45) is 13.0 Å². The van der Waals surface area contributed by atoms with Gasteiger partial charge < -0.3 is 19.9 Å². The number of fused-ring (bicyclic) bond motifs is 1. The first-order valence-corrected chi connectivity index (χ1v) is 12.6.